The topological polar surface area (TPSA) is 103 Å². The molecule has 2 heterocycles. The van der Waals surface area contributed by atoms with E-state index in [1.807, 2.05) is 24.6 Å². The van der Waals surface area contributed by atoms with Crippen molar-refractivity contribution < 1.29 is 4.74 Å². The lowest BCUT2D eigenvalue weighted by molar-refractivity contribution is 0.457. The molecule has 0 atom stereocenters. The lowest BCUT2D eigenvalue weighted by Crippen LogP contribution is -2.07. The van der Waals surface area contributed by atoms with Crippen LogP contribution in [0.4, 0.5) is 0 Å². The van der Waals surface area contributed by atoms with E-state index >= 15 is 0 Å². The molecule has 0 aliphatic carbocycles. The van der Waals surface area contributed by atoms with Gasteiger partial charge in [-0.15, -0.1) is 0 Å². The standard InChI is InChI=1S/C22H26N6O/c1-14(2)13-28-16(4)21(15(3)27-28)29-20-9-17(10-24)5-6-19(20)22-25-11-18(7-8-23)12-26-22/h5-6,9,11-12,14H,7-8,13,23H2,1-4H3. The van der Waals surface area contributed by atoms with E-state index < -0.39 is 0 Å². The van der Waals surface area contributed by atoms with Crippen LogP contribution in [0.25, 0.3) is 11.4 Å². The highest BCUT2D eigenvalue weighted by Crippen LogP contribution is 2.35. The highest BCUT2D eigenvalue weighted by molar-refractivity contribution is 5.66. The second kappa shape index (κ2) is 8.84. The number of nitriles is 1. The molecule has 150 valence electrons. The van der Waals surface area contributed by atoms with Crippen molar-refractivity contribution in [2.24, 2.45) is 11.7 Å². The zero-order valence-electron chi connectivity index (χ0n) is 17.3. The van der Waals surface area contributed by atoms with Crippen LogP contribution in [0.15, 0.2) is 30.6 Å². The summed E-state index contributed by atoms with van der Waals surface area (Å²) in [6.07, 6.45) is 4.27. The zero-order valence-corrected chi connectivity index (χ0v) is 17.3. The Bertz CT molecular complexity index is 1030. The third-order valence-corrected chi connectivity index (χ3v) is 4.56. The summed E-state index contributed by atoms with van der Waals surface area (Å²) in [6.45, 7) is 9.57. The van der Waals surface area contributed by atoms with E-state index in [9.17, 15) is 5.26 Å². The lowest BCUT2D eigenvalue weighted by atomic mass is 10.1. The zero-order chi connectivity index (χ0) is 21.0. The van der Waals surface area contributed by atoms with Crippen LogP contribution < -0.4 is 10.5 Å². The number of hydrogen-bond donors (Lipinski definition) is 1. The van der Waals surface area contributed by atoms with Crippen LogP contribution >= 0.6 is 0 Å². The fourth-order valence-corrected chi connectivity index (χ4v) is 3.11. The van der Waals surface area contributed by atoms with Gasteiger partial charge in [-0.2, -0.15) is 10.4 Å². The van der Waals surface area contributed by atoms with Gasteiger partial charge in [-0.25, -0.2) is 9.97 Å². The van der Waals surface area contributed by atoms with Crippen molar-refractivity contribution in [3.05, 3.63) is 53.1 Å². The third kappa shape index (κ3) is 4.61. The molecule has 0 aliphatic rings. The minimum absolute atomic E-state index is 0.471. The van der Waals surface area contributed by atoms with Crippen LogP contribution in [0.1, 0.15) is 36.4 Å². The molecule has 1 aromatic carbocycles. The molecular formula is C22H26N6O. The van der Waals surface area contributed by atoms with E-state index in [-0.39, 0.29) is 0 Å². The molecule has 0 bridgehead atoms. The normalized spacial score (nSPS) is 10.9. The highest BCUT2D eigenvalue weighted by Gasteiger charge is 2.18. The van der Waals surface area contributed by atoms with Gasteiger partial charge in [-0.1, -0.05) is 13.8 Å². The van der Waals surface area contributed by atoms with Gasteiger partial charge < -0.3 is 10.5 Å². The first-order valence-electron chi connectivity index (χ1n) is 9.70. The summed E-state index contributed by atoms with van der Waals surface area (Å²) in [6, 6.07) is 7.43. The maximum Gasteiger partial charge on any atom is 0.171 e. The van der Waals surface area contributed by atoms with Crippen molar-refractivity contribution in [1.29, 1.82) is 5.26 Å². The maximum atomic E-state index is 9.33. The van der Waals surface area contributed by atoms with Crippen LogP contribution in [-0.2, 0) is 13.0 Å². The fraction of sp³-hybridized carbons (Fsp3) is 0.364. The van der Waals surface area contributed by atoms with E-state index in [1.165, 1.54) is 0 Å². The Morgan fingerprint density at radius 1 is 1.21 bits per heavy atom. The van der Waals surface area contributed by atoms with Crippen LogP contribution in [0.5, 0.6) is 11.5 Å². The first kappa shape index (κ1) is 20.5. The Kier molecular flexibility index (Phi) is 6.25. The molecule has 7 heteroatoms. The smallest absolute Gasteiger partial charge is 0.171 e. The van der Waals surface area contributed by atoms with Crippen molar-refractivity contribution in [2.75, 3.05) is 6.54 Å². The molecule has 3 rings (SSSR count). The van der Waals surface area contributed by atoms with Gasteiger partial charge in [-0.3, -0.25) is 4.68 Å². The molecule has 29 heavy (non-hydrogen) atoms. The Morgan fingerprint density at radius 3 is 2.55 bits per heavy atom. The van der Waals surface area contributed by atoms with Crippen molar-refractivity contribution in [2.45, 2.75) is 40.7 Å². The summed E-state index contributed by atoms with van der Waals surface area (Å²) in [5, 5.41) is 13.9. The van der Waals surface area contributed by atoms with Gasteiger partial charge in [0.25, 0.3) is 0 Å². The highest BCUT2D eigenvalue weighted by atomic mass is 16.5. The molecule has 7 nitrogen and oxygen atoms in total. The molecule has 0 fully saturated rings. The van der Waals surface area contributed by atoms with E-state index in [2.05, 4.69) is 35.0 Å². The van der Waals surface area contributed by atoms with Gasteiger partial charge in [-0.05, 0) is 56.5 Å². The molecule has 0 saturated heterocycles. The van der Waals surface area contributed by atoms with Crippen LogP contribution in [0.3, 0.4) is 0 Å². The van der Waals surface area contributed by atoms with E-state index in [0.29, 0.717) is 35.3 Å². The largest absolute Gasteiger partial charge is 0.453 e. The first-order valence-corrected chi connectivity index (χ1v) is 9.70. The molecule has 2 aromatic heterocycles. The molecule has 0 saturated carbocycles. The van der Waals surface area contributed by atoms with Crippen molar-refractivity contribution in [3.63, 3.8) is 0 Å². The van der Waals surface area contributed by atoms with Crippen LogP contribution in [0, 0.1) is 31.1 Å². The number of ether oxygens (including phenoxy) is 1. The van der Waals surface area contributed by atoms with Crippen LogP contribution in [0.2, 0.25) is 0 Å². The fourth-order valence-electron chi connectivity index (χ4n) is 3.11. The average molecular weight is 390 g/mol. The molecule has 0 amide bonds. The van der Waals surface area contributed by atoms with Gasteiger partial charge in [0.2, 0.25) is 0 Å². The Hall–Kier alpha value is -3.24. The molecule has 0 spiro atoms. The summed E-state index contributed by atoms with van der Waals surface area (Å²) in [5.41, 5.74) is 9.56. The van der Waals surface area contributed by atoms with Gasteiger partial charge in [0.1, 0.15) is 11.4 Å². The molecule has 0 radical (unpaired) electrons. The number of aromatic nitrogens is 4. The number of nitrogens with zero attached hydrogens (tertiary/aromatic N) is 5. The Balaban J connectivity index is 2.01. The average Bonchev–Trinajstić information content (AvgIpc) is 2.95. The third-order valence-electron chi connectivity index (χ3n) is 4.56. The summed E-state index contributed by atoms with van der Waals surface area (Å²) in [7, 11) is 0. The summed E-state index contributed by atoms with van der Waals surface area (Å²) in [5.74, 6) is 2.24. The number of hydrogen-bond acceptors (Lipinski definition) is 6. The number of rotatable bonds is 7. The van der Waals surface area contributed by atoms with Gasteiger partial charge in [0, 0.05) is 18.9 Å². The number of aryl methyl sites for hydroxylation is 1. The Morgan fingerprint density at radius 2 is 1.93 bits per heavy atom. The van der Waals surface area contributed by atoms with Gasteiger partial charge in [0.05, 0.1) is 22.9 Å². The molecular weight excluding hydrogens is 364 g/mol. The second-order valence-corrected chi connectivity index (χ2v) is 7.45. The predicted octanol–water partition coefficient (Wildman–Crippen LogP) is 3.78. The summed E-state index contributed by atoms with van der Waals surface area (Å²) >= 11 is 0. The minimum Gasteiger partial charge on any atom is -0.453 e. The lowest BCUT2D eigenvalue weighted by Gasteiger charge is -2.12. The van der Waals surface area contributed by atoms with Crippen molar-refractivity contribution in [3.8, 4) is 29.0 Å². The summed E-state index contributed by atoms with van der Waals surface area (Å²) in [4.78, 5) is 8.93. The van der Waals surface area contributed by atoms with Gasteiger partial charge in [0.15, 0.2) is 11.6 Å². The molecule has 3 aromatic rings. The Labute approximate surface area is 171 Å². The quantitative estimate of drug-likeness (QED) is 0.658. The van der Waals surface area contributed by atoms with Gasteiger partial charge >= 0.3 is 0 Å². The van der Waals surface area contributed by atoms with E-state index in [0.717, 1.165) is 35.5 Å². The predicted molar refractivity (Wildman–Crippen MR) is 112 cm³/mol. The molecule has 0 unspecified atom stereocenters. The van der Waals surface area contributed by atoms with Crippen molar-refractivity contribution >= 4 is 0 Å². The number of nitrogens with two attached hydrogens (primary N) is 1. The monoisotopic (exact) mass is 390 g/mol. The van der Waals surface area contributed by atoms with Crippen LogP contribution in [-0.4, -0.2) is 26.3 Å². The SMILES string of the molecule is Cc1nn(CC(C)C)c(C)c1Oc1cc(C#N)ccc1-c1ncc(CCN)cn1. The summed E-state index contributed by atoms with van der Waals surface area (Å²) < 4.78 is 8.23. The van der Waals surface area contributed by atoms with Crippen molar-refractivity contribution in [1.82, 2.24) is 19.7 Å². The maximum absolute atomic E-state index is 9.33. The number of benzene rings is 1. The van der Waals surface area contributed by atoms with E-state index in [4.69, 9.17) is 10.5 Å². The molecule has 2 N–H and O–H groups in total. The minimum atomic E-state index is 0.471. The first-order chi connectivity index (χ1) is 13.9. The molecule has 0 aliphatic heterocycles. The second-order valence-electron chi connectivity index (χ2n) is 7.45. The van der Waals surface area contributed by atoms with E-state index in [1.54, 1.807) is 24.5 Å².